The van der Waals surface area contributed by atoms with Gasteiger partial charge in [0.15, 0.2) is 6.20 Å². The first-order chi connectivity index (χ1) is 3.60. The molecule has 0 bridgehead atoms. The molecule has 0 fully saturated rings. The van der Waals surface area contributed by atoms with Gasteiger partial charge in [-0.1, -0.05) is 0 Å². The summed E-state index contributed by atoms with van der Waals surface area (Å²) in [6.45, 7) is 0. The molecule has 1 rings (SSSR count). The van der Waals surface area contributed by atoms with Crippen LogP contribution in [0.5, 0.6) is 0 Å². The third kappa shape index (κ3) is 0.954. The van der Waals surface area contributed by atoms with E-state index < -0.39 is 0 Å². The minimum Gasteiger partial charge on any atom is -0.216 e. The second-order valence-corrected chi connectivity index (χ2v) is 2.71. The smallest absolute Gasteiger partial charge is 0.216 e. The van der Waals surface area contributed by atoms with Crippen LogP contribution in [0.1, 0.15) is 0 Å². The van der Waals surface area contributed by atoms with E-state index in [1.54, 1.807) is 0 Å². The van der Waals surface area contributed by atoms with Crippen LogP contribution in [0.25, 0.3) is 0 Å². The zero-order valence-electron chi connectivity index (χ0n) is 5.63. The van der Waals surface area contributed by atoms with Gasteiger partial charge in [0, 0.05) is 0 Å². The second-order valence-electron chi connectivity index (χ2n) is 2.71. The summed E-state index contributed by atoms with van der Waals surface area (Å²) in [5.41, 5.74) is 0. The van der Waals surface area contributed by atoms with Gasteiger partial charge in [0.05, 0.1) is 14.1 Å². The van der Waals surface area contributed by atoms with Gasteiger partial charge < -0.3 is 0 Å². The standard InChI is InChI=1S/C6H12N2/c1-7-4-5-8(2,3)6-7/h4-6H,1-3H3/q+2. The highest BCUT2D eigenvalue weighted by molar-refractivity contribution is 5.41. The normalized spacial score (nSPS) is 23.6. The van der Waals surface area contributed by atoms with Crippen molar-refractivity contribution in [3.8, 4) is 0 Å². The van der Waals surface area contributed by atoms with Crippen molar-refractivity contribution in [2.45, 2.75) is 0 Å². The summed E-state index contributed by atoms with van der Waals surface area (Å²) in [5, 5.41) is 0. The maximum atomic E-state index is 2.12. The lowest BCUT2D eigenvalue weighted by Gasteiger charge is -2.08. The van der Waals surface area contributed by atoms with Gasteiger partial charge in [0.2, 0.25) is 6.20 Å². The number of quaternary nitrogens is 1. The number of hydrogen-bond acceptors (Lipinski definition) is 0. The number of hydrogen-bond donors (Lipinski definition) is 0. The predicted molar refractivity (Wildman–Crippen MR) is 33.5 cm³/mol. The molecule has 0 aliphatic carbocycles. The largest absolute Gasteiger partial charge is 0.336 e. The summed E-state index contributed by atoms with van der Waals surface area (Å²) in [4.78, 5) is 0. The van der Waals surface area contributed by atoms with Crippen molar-refractivity contribution >= 4 is 6.34 Å². The third-order valence-corrected chi connectivity index (χ3v) is 1.17. The van der Waals surface area contributed by atoms with E-state index in [0.29, 0.717) is 0 Å². The van der Waals surface area contributed by atoms with Crippen molar-refractivity contribution in [1.82, 2.24) is 0 Å². The minimum absolute atomic E-state index is 0.858. The van der Waals surface area contributed by atoms with Crippen LogP contribution in [0.15, 0.2) is 12.4 Å². The van der Waals surface area contributed by atoms with Gasteiger partial charge in [-0.05, 0) is 0 Å². The van der Waals surface area contributed by atoms with E-state index in [0.717, 1.165) is 4.48 Å². The first-order valence-corrected chi connectivity index (χ1v) is 2.71. The average Bonchev–Trinajstić information content (AvgIpc) is 1.82. The molecule has 44 valence electrons. The highest BCUT2D eigenvalue weighted by atomic mass is 15.4. The fraction of sp³-hybridized carbons (Fsp3) is 0.500. The van der Waals surface area contributed by atoms with Crippen LogP contribution in [0.4, 0.5) is 0 Å². The Bertz CT molecular complexity index is 154. The zero-order chi connectivity index (χ0) is 6.20. The zero-order valence-corrected chi connectivity index (χ0v) is 5.63. The molecule has 0 aromatic rings. The monoisotopic (exact) mass is 112 g/mol. The Morgan fingerprint density at radius 3 is 2.12 bits per heavy atom. The van der Waals surface area contributed by atoms with Gasteiger partial charge in [0.1, 0.15) is 7.05 Å². The second kappa shape index (κ2) is 1.42. The molecular formula is C6H12N2+2. The van der Waals surface area contributed by atoms with Crippen LogP contribution >= 0.6 is 0 Å². The molecule has 1 aliphatic rings. The summed E-state index contributed by atoms with van der Waals surface area (Å²) in [5.74, 6) is 0. The topological polar surface area (TPSA) is 3.01 Å². The highest BCUT2D eigenvalue weighted by Gasteiger charge is 2.19. The third-order valence-electron chi connectivity index (χ3n) is 1.17. The molecule has 8 heavy (non-hydrogen) atoms. The lowest BCUT2D eigenvalue weighted by atomic mass is 10.7. The molecule has 0 saturated carbocycles. The summed E-state index contributed by atoms with van der Waals surface area (Å²) in [6.07, 6.45) is 6.31. The molecule has 0 spiro atoms. The van der Waals surface area contributed by atoms with Gasteiger partial charge in [-0.25, -0.2) is 4.48 Å². The molecule has 1 aliphatic heterocycles. The predicted octanol–water partition coefficient (Wildman–Crippen LogP) is 0.218. The molecule has 0 radical (unpaired) electrons. The SMILES string of the molecule is C[N+]1=C[N+](C)(C)C=C1. The molecule has 2 heteroatoms. The molecule has 0 amide bonds. The van der Waals surface area contributed by atoms with Gasteiger partial charge >= 0.3 is 6.34 Å². The Balaban J connectivity index is 2.84. The molecule has 0 aromatic carbocycles. The van der Waals surface area contributed by atoms with E-state index in [4.69, 9.17) is 0 Å². The maximum Gasteiger partial charge on any atom is 0.336 e. The van der Waals surface area contributed by atoms with Crippen molar-refractivity contribution in [3.63, 3.8) is 0 Å². The van der Waals surface area contributed by atoms with Gasteiger partial charge in [-0.2, -0.15) is 4.58 Å². The lowest BCUT2D eigenvalue weighted by Crippen LogP contribution is -2.30. The van der Waals surface area contributed by atoms with Crippen molar-refractivity contribution in [1.29, 1.82) is 0 Å². The van der Waals surface area contributed by atoms with Crippen LogP contribution < -0.4 is 0 Å². The number of nitrogens with zero attached hydrogens (tertiary/aromatic N) is 2. The fourth-order valence-corrected chi connectivity index (χ4v) is 0.823. The Labute approximate surface area is 49.9 Å². The van der Waals surface area contributed by atoms with E-state index in [-0.39, 0.29) is 0 Å². The van der Waals surface area contributed by atoms with Gasteiger partial charge in [-0.15, -0.1) is 0 Å². The van der Waals surface area contributed by atoms with Crippen molar-refractivity contribution in [2.75, 3.05) is 21.1 Å². The molecule has 1 heterocycles. The summed E-state index contributed by atoms with van der Waals surface area (Å²) < 4.78 is 2.91. The van der Waals surface area contributed by atoms with Crippen molar-refractivity contribution in [3.05, 3.63) is 12.4 Å². The first kappa shape index (κ1) is 5.51. The van der Waals surface area contributed by atoms with E-state index in [2.05, 4.69) is 37.4 Å². The van der Waals surface area contributed by atoms with Crippen molar-refractivity contribution < 1.29 is 9.06 Å². The van der Waals surface area contributed by atoms with E-state index >= 15 is 0 Å². The molecule has 0 atom stereocenters. The van der Waals surface area contributed by atoms with Crippen LogP contribution in [0.2, 0.25) is 0 Å². The van der Waals surface area contributed by atoms with E-state index in [1.807, 2.05) is 7.05 Å². The molecule has 2 nitrogen and oxygen atoms in total. The van der Waals surface area contributed by atoms with Gasteiger partial charge in [0.25, 0.3) is 0 Å². The summed E-state index contributed by atoms with van der Waals surface area (Å²) in [7, 11) is 6.28. The minimum atomic E-state index is 0.858. The first-order valence-electron chi connectivity index (χ1n) is 2.71. The van der Waals surface area contributed by atoms with E-state index in [1.165, 1.54) is 0 Å². The Morgan fingerprint density at radius 2 is 2.00 bits per heavy atom. The molecule has 0 N–H and O–H groups in total. The average molecular weight is 112 g/mol. The fourth-order valence-electron chi connectivity index (χ4n) is 0.823. The summed E-state index contributed by atoms with van der Waals surface area (Å²) in [6, 6.07) is 0. The van der Waals surface area contributed by atoms with E-state index in [9.17, 15) is 0 Å². The van der Waals surface area contributed by atoms with Crippen LogP contribution in [-0.2, 0) is 0 Å². The Kier molecular flexibility index (Phi) is 0.978. The highest BCUT2D eigenvalue weighted by Crippen LogP contribution is 1.98. The van der Waals surface area contributed by atoms with Crippen LogP contribution in [-0.4, -0.2) is 36.5 Å². The van der Waals surface area contributed by atoms with Crippen LogP contribution in [0, 0.1) is 0 Å². The molecular weight excluding hydrogens is 100 g/mol. The quantitative estimate of drug-likeness (QED) is 0.311. The van der Waals surface area contributed by atoms with Gasteiger partial charge in [-0.3, -0.25) is 0 Å². The van der Waals surface area contributed by atoms with Crippen molar-refractivity contribution in [2.24, 2.45) is 0 Å². The number of rotatable bonds is 0. The lowest BCUT2D eigenvalue weighted by molar-refractivity contribution is -0.744. The molecule has 0 unspecified atom stereocenters. The molecule has 0 saturated heterocycles. The Morgan fingerprint density at radius 1 is 1.38 bits per heavy atom. The molecule has 0 aromatic heterocycles. The maximum absolute atomic E-state index is 2.12. The van der Waals surface area contributed by atoms with Crippen LogP contribution in [0.3, 0.4) is 0 Å². The Hall–Kier alpha value is -0.630. The summed E-state index contributed by atoms with van der Waals surface area (Å²) >= 11 is 0.